The summed E-state index contributed by atoms with van der Waals surface area (Å²) in [5.74, 6) is 3.59. The second-order valence-corrected chi connectivity index (χ2v) is 6.09. The molecule has 0 aliphatic carbocycles. The van der Waals surface area contributed by atoms with Gasteiger partial charge in [0, 0.05) is 4.47 Å². The van der Waals surface area contributed by atoms with Crippen LogP contribution in [-0.2, 0) is 0 Å². The van der Waals surface area contributed by atoms with Gasteiger partial charge in [-0.15, -0.1) is 6.42 Å². The Morgan fingerprint density at radius 3 is 2.70 bits per heavy atom. The average molecular weight is 431 g/mol. The van der Waals surface area contributed by atoms with Crippen molar-refractivity contribution in [3.8, 4) is 29.6 Å². The minimum atomic E-state index is -0.386. The number of methoxy groups -OCH3 is 1. The quantitative estimate of drug-likeness (QED) is 0.394. The lowest BCUT2D eigenvalue weighted by Crippen LogP contribution is -2.18. The highest BCUT2D eigenvalue weighted by molar-refractivity contribution is 9.10. The number of carbonyl (C=O) groups is 1. The van der Waals surface area contributed by atoms with Crippen LogP contribution in [0.15, 0.2) is 46.0 Å². The summed E-state index contributed by atoms with van der Waals surface area (Å²) in [5.41, 5.74) is 3.58. The number of hydrogen-bond acceptors (Lipinski definition) is 5. The Morgan fingerprint density at radius 1 is 1.22 bits per heavy atom. The third kappa shape index (κ3) is 5.76. The molecule has 0 saturated carbocycles. The molecule has 6 nitrogen and oxygen atoms in total. The Bertz CT molecular complexity index is 875. The number of terminal acetylenes is 1. The molecule has 0 aliphatic rings. The van der Waals surface area contributed by atoms with Crippen LogP contribution in [0, 0.1) is 12.3 Å². The predicted octanol–water partition coefficient (Wildman–Crippen LogP) is 3.63. The van der Waals surface area contributed by atoms with Gasteiger partial charge in [-0.2, -0.15) is 5.10 Å². The van der Waals surface area contributed by atoms with Gasteiger partial charge in [-0.25, -0.2) is 5.43 Å². The molecular weight excluding hydrogens is 412 g/mol. The number of rotatable bonds is 8. The Balaban J connectivity index is 2.11. The minimum absolute atomic E-state index is 0.151. The highest BCUT2D eigenvalue weighted by atomic mass is 79.9. The SMILES string of the molecule is C#CCOc1ccc(/C=N\NC(=O)c2cc(Br)ccc2OC)cc1OCC. The third-order valence-corrected chi connectivity index (χ3v) is 3.86. The molecule has 0 aromatic heterocycles. The number of hydrazone groups is 1. The normalized spacial score (nSPS) is 10.3. The molecule has 1 N–H and O–H groups in total. The van der Waals surface area contributed by atoms with Gasteiger partial charge in [0.2, 0.25) is 0 Å². The van der Waals surface area contributed by atoms with Crippen molar-refractivity contribution in [2.45, 2.75) is 6.92 Å². The number of hydrogen-bond donors (Lipinski definition) is 1. The number of nitrogens with zero attached hydrogens (tertiary/aromatic N) is 1. The van der Waals surface area contributed by atoms with Gasteiger partial charge >= 0.3 is 0 Å². The first-order chi connectivity index (χ1) is 13.1. The molecule has 0 radical (unpaired) electrons. The summed E-state index contributed by atoms with van der Waals surface area (Å²) >= 11 is 3.33. The van der Waals surface area contributed by atoms with Crippen molar-refractivity contribution in [2.24, 2.45) is 5.10 Å². The van der Waals surface area contributed by atoms with Gasteiger partial charge in [-0.05, 0) is 48.9 Å². The van der Waals surface area contributed by atoms with Gasteiger partial charge in [-0.1, -0.05) is 21.9 Å². The van der Waals surface area contributed by atoms with E-state index in [-0.39, 0.29) is 12.5 Å². The highest BCUT2D eigenvalue weighted by Gasteiger charge is 2.12. The van der Waals surface area contributed by atoms with Crippen LogP contribution in [0.1, 0.15) is 22.8 Å². The molecule has 0 saturated heterocycles. The van der Waals surface area contributed by atoms with E-state index < -0.39 is 0 Å². The lowest BCUT2D eigenvalue weighted by atomic mass is 10.2. The van der Waals surface area contributed by atoms with E-state index in [1.165, 1.54) is 13.3 Å². The number of benzene rings is 2. The first-order valence-electron chi connectivity index (χ1n) is 8.09. The van der Waals surface area contributed by atoms with Crippen molar-refractivity contribution in [1.29, 1.82) is 0 Å². The summed E-state index contributed by atoms with van der Waals surface area (Å²) in [7, 11) is 1.50. The van der Waals surface area contributed by atoms with Gasteiger partial charge in [0.1, 0.15) is 12.4 Å². The van der Waals surface area contributed by atoms with Crippen LogP contribution in [0.25, 0.3) is 0 Å². The Morgan fingerprint density at radius 2 is 2.00 bits per heavy atom. The summed E-state index contributed by atoms with van der Waals surface area (Å²) in [6.45, 7) is 2.50. The average Bonchev–Trinajstić information content (AvgIpc) is 2.67. The van der Waals surface area contributed by atoms with Crippen LogP contribution in [0.2, 0.25) is 0 Å². The molecule has 2 rings (SSSR count). The third-order valence-electron chi connectivity index (χ3n) is 3.36. The number of ether oxygens (including phenoxy) is 3. The van der Waals surface area contributed by atoms with Crippen LogP contribution < -0.4 is 19.6 Å². The molecule has 7 heteroatoms. The van der Waals surface area contributed by atoms with Crippen molar-refractivity contribution in [1.82, 2.24) is 5.43 Å². The zero-order valence-electron chi connectivity index (χ0n) is 15.0. The van der Waals surface area contributed by atoms with E-state index in [9.17, 15) is 4.79 Å². The van der Waals surface area contributed by atoms with E-state index >= 15 is 0 Å². The lowest BCUT2D eigenvalue weighted by molar-refractivity contribution is 0.0952. The molecule has 2 aromatic carbocycles. The van der Waals surface area contributed by atoms with Gasteiger partial charge in [-0.3, -0.25) is 4.79 Å². The fourth-order valence-electron chi connectivity index (χ4n) is 2.20. The lowest BCUT2D eigenvalue weighted by Gasteiger charge is -2.10. The van der Waals surface area contributed by atoms with Crippen molar-refractivity contribution >= 4 is 28.1 Å². The minimum Gasteiger partial charge on any atom is -0.496 e. The zero-order valence-corrected chi connectivity index (χ0v) is 16.6. The van der Waals surface area contributed by atoms with E-state index in [0.717, 1.165) is 10.0 Å². The first-order valence-corrected chi connectivity index (χ1v) is 8.88. The number of carbonyl (C=O) groups excluding carboxylic acids is 1. The molecule has 0 bridgehead atoms. The molecule has 0 fully saturated rings. The topological polar surface area (TPSA) is 69.2 Å². The molecule has 1 amide bonds. The van der Waals surface area contributed by atoms with Gasteiger partial charge in [0.05, 0.1) is 25.5 Å². The largest absolute Gasteiger partial charge is 0.496 e. The summed E-state index contributed by atoms with van der Waals surface area (Å²) in [5, 5.41) is 3.99. The van der Waals surface area contributed by atoms with E-state index in [4.69, 9.17) is 20.6 Å². The fourth-order valence-corrected chi connectivity index (χ4v) is 2.56. The smallest absolute Gasteiger partial charge is 0.275 e. The molecular formula is C20H19BrN2O4. The maximum Gasteiger partial charge on any atom is 0.275 e. The van der Waals surface area contributed by atoms with E-state index in [0.29, 0.717) is 29.4 Å². The van der Waals surface area contributed by atoms with Crippen molar-refractivity contribution in [3.05, 3.63) is 52.0 Å². The van der Waals surface area contributed by atoms with Crippen molar-refractivity contribution in [2.75, 3.05) is 20.3 Å². The van der Waals surface area contributed by atoms with Gasteiger partial charge in [0.25, 0.3) is 5.91 Å². The Kier molecular flexibility index (Phi) is 7.71. The monoisotopic (exact) mass is 430 g/mol. The number of nitrogens with one attached hydrogen (secondary N) is 1. The van der Waals surface area contributed by atoms with Gasteiger partial charge in [0.15, 0.2) is 11.5 Å². The van der Waals surface area contributed by atoms with Gasteiger partial charge < -0.3 is 14.2 Å². The summed E-state index contributed by atoms with van der Waals surface area (Å²) in [6.07, 6.45) is 6.72. The maximum absolute atomic E-state index is 12.3. The van der Waals surface area contributed by atoms with E-state index in [1.807, 2.05) is 6.92 Å². The molecule has 0 heterocycles. The second kappa shape index (κ2) is 10.2. The highest BCUT2D eigenvalue weighted by Crippen LogP contribution is 2.28. The Labute approximate surface area is 166 Å². The summed E-state index contributed by atoms with van der Waals surface area (Å²) < 4.78 is 16.9. The first kappa shape index (κ1) is 20.3. The van der Waals surface area contributed by atoms with Crippen LogP contribution in [0.4, 0.5) is 0 Å². The zero-order chi connectivity index (χ0) is 19.6. The standard InChI is InChI=1S/C20H19BrN2O4/c1-4-10-27-18-8-6-14(11-19(18)26-5-2)13-22-23-20(24)16-12-15(21)7-9-17(16)25-3/h1,6-9,11-13H,5,10H2,2-3H3,(H,23,24)/b22-13-. The molecule has 27 heavy (non-hydrogen) atoms. The number of amides is 1. The van der Waals surface area contributed by atoms with Crippen LogP contribution in [0.3, 0.4) is 0 Å². The van der Waals surface area contributed by atoms with Crippen molar-refractivity contribution < 1.29 is 19.0 Å². The number of halogens is 1. The van der Waals surface area contributed by atoms with E-state index in [1.54, 1.807) is 36.4 Å². The van der Waals surface area contributed by atoms with Crippen LogP contribution in [0.5, 0.6) is 17.2 Å². The maximum atomic E-state index is 12.3. The molecule has 0 atom stereocenters. The summed E-state index contributed by atoms with van der Waals surface area (Å²) in [4.78, 5) is 12.3. The molecule has 0 spiro atoms. The molecule has 2 aromatic rings. The fraction of sp³-hybridized carbons (Fsp3) is 0.200. The van der Waals surface area contributed by atoms with Crippen molar-refractivity contribution in [3.63, 3.8) is 0 Å². The second-order valence-electron chi connectivity index (χ2n) is 5.18. The molecule has 0 unspecified atom stereocenters. The summed E-state index contributed by atoms with van der Waals surface area (Å²) in [6, 6.07) is 10.4. The Hall–Kier alpha value is -2.98. The van der Waals surface area contributed by atoms with E-state index in [2.05, 4.69) is 32.4 Å². The predicted molar refractivity (Wildman–Crippen MR) is 108 cm³/mol. The molecule has 0 aliphatic heterocycles. The van der Waals surface area contributed by atoms with Crippen LogP contribution >= 0.6 is 15.9 Å². The van der Waals surface area contributed by atoms with Crippen LogP contribution in [-0.4, -0.2) is 32.4 Å². The molecule has 140 valence electrons.